The average molecular weight is 496 g/mol. The summed E-state index contributed by atoms with van der Waals surface area (Å²) in [5.41, 5.74) is 3.31. The molecule has 1 N–H and O–H groups in total. The first-order valence-corrected chi connectivity index (χ1v) is 13.1. The Morgan fingerprint density at radius 1 is 1.11 bits per heavy atom. The highest BCUT2D eigenvalue weighted by molar-refractivity contribution is 5.91. The third-order valence-electron chi connectivity index (χ3n) is 7.65. The Balaban J connectivity index is 1.34. The number of methoxy groups -OCH3 is 1. The van der Waals surface area contributed by atoms with Crippen LogP contribution in [0.3, 0.4) is 0 Å². The van der Waals surface area contributed by atoms with E-state index in [1.165, 1.54) is 6.07 Å². The number of carbonyl (C=O) groups is 2. The van der Waals surface area contributed by atoms with Gasteiger partial charge in [-0.2, -0.15) is 0 Å². The van der Waals surface area contributed by atoms with Crippen molar-refractivity contribution < 1.29 is 18.7 Å². The summed E-state index contributed by atoms with van der Waals surface area (Å²) in [6.07, 6.45) is 5.25. The maximum absolute atomic E-state index is 14.5. The number of nitrogens with one attached hydrogen (secondary N) is 1. The summed E-state index contributed by atoms with van der Waals surface area (Å²) < 4.78 is 19.7. The number of nitrogens with zero attached hydrogens (tertiary/aromatic N) is 2. The summed E-state index contributed by atoms with van der Waals surface area (Å²) in [4.78, 5) is 29.8. The van der Waals surface area contributed by atoms with E-state index >= 15 is 0 Å². The van der Waals surface area contributed by atoms with Crippen LogP contribution in [-0.4, -0.2) is 54.4 Å². The molecule has 0 radical (unpaired) electrons. The van der Waals surface area contributed by atoms with Crippen LogP contribution in [-0.2, 0) is 22.6 Å². The van der Waals surface area contributed by atoms with E-state index in [1.807, 2.05) is 36.1 Å². The number of carbonyl (C=O) groups excluding carboxylic acids is 2. The molecule has 194 valence electrons. The van der Waals surface area contributed by atoms with Gasteiger partial charge in [0.15, 0.2) is 0 Å². The van der Waals surface area contributed by atoms with Crippen LogP contribution in [0.5, 0.6) is 5.75 Å². The fourth-order valence-electron chi connectivity index (χ4n) is 5.44. The Kier molecular flexibility index (Phi) is 8.62. The standard InChI is InChI=1S/C29H38FN3O3/c1-20-18-32(14-15-33(20)29(35)23-6-4-5-7-23)19-24-16-25(30)17-27(21(24)2)31-28(34)13-10-22-8-11-26(36-3)12-9-22/h8-9,11-12,16-17,20,23H,4-7,10,13-15,18-19H2,1-3H3,(H,31,34). The van der Waals surface area contributed by atoms with Crippen LogP contribution in [0.1, 0.15) is 55.7 Å². The molecule has 1 atom stereocenters. The minimum atomic E-state index is -0.357. The maximum atomic E-state index is 14.5. The summed E-state index contributed by atoms with van der Waals surface area (Å²) >= 11 is 0. The number of aryl methyl sites for hydroxylation is 1. The van der Waals surface area contributed by atoms with Crippen molar-refractivity contribution in [2.45, 2.75) is 65.0 Å². The summed E-state index contributed by atoms with van der Waals surface area (Å²) in [5.74, 6) is 0.784. The SMILES string of the molecule is COc1ccc(CCC(=O)Nc2cc(F)cc(CN3CCN(C(=O)C4CCCC4)C(C)C3)c2C)cc1. The number of benzene rings is 2. The van der Waals surface area contributed by atoms with E-state index in [4.69, 9.17) is 4.74 Å². The summed E-state index contributed by atoms with van der Waals surface area (Å²) in [7, 11) is 1.62. The normalized spacial score (nSPS) is 18.9. The molecule has 2 fully saturated rings. The number of rotatable bonds is 8. The number of piperazine rings is 1. The van der Waals surface area contributed by atoms with Crippen molar-refractivity contribution in [2.24, 2.45) is 5.92 Å². The highest BCUT2D eigenvalue weighted by atomic mass is 19.1. The Labute approximate surface area is 213 Å². The molecule has 6 nitrogen and oxygen atoms in total. The van der Waals surface area contributed by atoms with Crippen LogP contribution in [0.25, 0.3) is 0 Å². The minimum Gasteiger partial charge on any atom is -0.497 e. The number of hydrogen-bond donors (Lipinski definition) is 1. The van der Waals surface area contributed by atoms with Gasteiger partial charge in [0.1, 0.15) is 11.6 Å². The topological polar surface area (TPSA) is 61.9 Å². The first-order valence-electron chi connectivity index (χ1n) is 13.1. The fourth-order valence-corrected chi connectivity index (χ4v) is 5.44. The van der Waals surface area contributed by atoms with E-state index < -0.39 is 0 Å². The van der Waals surface area contributed by atoms with Gasteiger partial charge in [-0.1, -0.05) is 25.0 Å². The molecule has 2 aromatic carbocycles. The van der Waals surface area contributed by atoms with Crippen LogP contribution in [0.15, 0.2) is 36.4 Å². The van der Waals surface area contributed by atoms with Crippen molar-refractivity contribution in [1.82, 2.24) is 9.80 Å². The predicted molar refractivity (Wildman–Crippen MR) is 139 cm³/mol. The van der Waals surface area contributed by atoms with Gasteiger partial charge < -0.3 is 15.0 Å². The number of ether oxygens (including phenoxy) is 1. The van der Waals surface area contributed by atoms with Crippen molar-refractivity contribution in [3.05, 3.63) is 58.9 Å². The van der Waals surface area contributed by atoms with E-state index in [0.717, 1.165) is 61.2 Å². The lowest BCUT2D eigenvalue weighted by Gasteiger charge is -2.41. The van der Waals surface area contributed by atoms with Gasteiger partial charge in [-0.05, 0) is 74.1 Å². The van der Waals surface area contributed by atoms with Crippen molar-refractivity contribution in [3.63, 3.8) is 0 Å². The molecular weight excluding hydrogens is 457 g/mol. The Bertz CT molecular complexity index is 1070. The maximum Gasteiger partial charge on any atom is 0.226 e. The van der Waals surface area contributed by atoms with Gasteiger partial charge in [-0.25, -0.2) is 4.39 Å². The summed E-state index contributed by atoms with van der Waals surface area (Å²) in [6.45, 7) is 6.86. The van der Waals surface area contributed by atoms with Crippen molar-refractivity contribution >= 4 is 17.5 Å². The highest BCUT2D eigenvalue weighted by Gasteiger charge is 2.33. The number of amides is 2. The second-order valence-corrected chi connectivity index (χ2v) is 10.2. The molecule has 0 aromatic heterocycles. The third kappa shape index (κ3) is 6.44. The van der Waals surface area contributed by atoms with Crippen LogP contribution in [0.2, 0.25) is 0 Å². The van der Waals surface area contributed by atoms with Gasteiger partial charge >= 0.3 is 0 Å². The molecule has 4 rings (SSSR count). The van der Waals surface area contributed by atoms with Crippen molar-refractivity contribution in [3.8, 4) is 5.75 Å². The molecule has 36 heavy (non-hydrogen) atoms. The third-order valence-corrected chi connectivity index (χ3v) is 7.65. The van der Waals surface area contributed by atoms with Gasteiger partial charge in [0, 0.05) is 50.2 Å². The van der Waals surface area contributed by atoms with Crippen molar-refractivity contribution in [1.29, 1.82) is 0 Å². The molecule has 1 unspecified atom stereocenters. The fraction of sp³-hybridized carbons (Fsp3) is 0.517. The first-order chi connectivity index (χ1) is 17.3. The molecule has 7 heteroatoms. The second kappa shape index (κ2) is 11.9. The van der Waals surface area contributed by atoms with Crippen molar-refractivity contribution in [2.75, 3.05) is 32.1 Å². The van der Waals surface area contributed by atoms with Gasteiger partial charge in [0.05, 0.1) is 7.11 Å². The average Bonchev–Trinajstić information content (AvgIpc) is 3.41. The zero-order chi connectivity index (χ0) is 25.7. The zero-order valence-electron chi connectivity index (χ0n) is 21.7. The van der Waals surface area contributed by atoms with Crippen LogP contribution < -0.4 is 10.1 Å². The van der Waals surface area contributed by atoms with Gasteiger partial charge in [0.25, 0.3) is 0 Å². The van der Waals surface area contributed by atoms with Gasteiger partial charge in [-0.3, -0.25) is 14.5 Å². The lowest BCUT2D eigenvalue weighted by atomic mass is 10.0. The van der Waals surface area contributed by atoms with Gasteiger partial charge in [-0.15, -0.1) is 0 Å². The lowest BCUT2D eigenvalue weighted by molar-refractivity contribution is -0.140. The largest absolute Gasteiger partial charge is 0.497 e. The first kappa shape index (κ1) is 26.1. The molecular formula is C29H38FN3O3. The Morgan fingerprint density at radius 2 is 1.83 bits per heavy atom. The molecule has 2 aromatic rings. The molecule has 1 aliphatic heterocycles. The molecule has 2 amide bonds. The molecule has 1 saturated heterocycles. The second-order valence-electron chi connectivity index (χ2n) is 10.2. The number of hydrogen-bond acceptors (Lipinski definition) is 4. The molecule has 1 heterocycles. The smallest absolute Gasteiger partial charge is 0.226 e. The quantitative estimate of drug-likeness (QED) is 0.564. The lowest BCUT2D eigenvalue weighted by Crippen LogP contribution is -2.54. The molecule has 1 saturated carbocycles. The van der Waals surface area contributed by atoms with Crippen LogP contribution in [0.4, 0.5) is 10.1 Å². The van der Waals surface area contributed by atoms with E-state index in [-0.39, 0.29) is 23.7 Å². The van der Waals surface area contributed by atoms with E-state index in [9.17, 15) is 14.0 Å². The molecule has 1 aliphatic carbocycles. The van der Waals surface area contributed by atoms with Crippen LogP contribution >= 0.6 is 0 Å². The number of halogens is 1. The van der Waals surface area contributed by atoms with Gasteiger partial charge in [0.2, 0.25) is 11.8 Å². The highest BCUT2D eigenvalue weighted by Crippen LogP contribution is 2.29. The number of anilines is 1. The monoisotopic (exact) mass is 495 g/mol. The van der Waals surface area contributed by atoms with Crippen LogP contribution in [0, 0.1) is 18.7 Å². The van der Waals surface area contributed by atoms with E-state index in [1.54, 1.807) is 13.2 Å². The van der Waals surface area contributed by atoms with E-state index in [2.05, 4.69) is 17.1 Å². The zero-order valence-corrected chi connectivity index (χ0v) is 21.7. The predicted octanol–water partition coefficient (Wildman–Crippen LogP) is 4.94. The molecule has 0 spiro atoms. The molecule has 2 aliphatic rings. The Hall–Kier alpha value is -2.93. The minimum absolute atomic E-state index is 0.137. The molecule has 0 bridgehead atoms. The summed E-state index contributed by atoms with van der Waals surface area (Å²) in [5, 5.41) is 2.91. The van der Waals surface area contributed by atoms with E-state index in [0.29, 0.717) is 37.5 Å². The Morgan fingerprint density at radius 3 is 2.50 bits per heavy atom. The summed E-state index contributed by atoms with van der Waals surface area (Å²) in [6, 6.07) is 10.7.